The van der Waals surface area contributed by atoms with E-state index < -0.39 is 0 Å². The van der Waals surface area contributed by atoms with Crippen molar-refractivity contribution in [2.24, 2.45) is 0 Å². The Morgan fingerprint density at radius 2 is 1.81 bits per heavy atom. The minimum Gasteiger partial charge on any atom is -0.345 e. The topological polar surface area (TPSA) is 93.8 Å². The van der Waals surface area contributed by atoms with Crippen molar-refractivity contribution in [3.63, 3.8) is 0 Å². The Bertz CT molecular complexity index is 1410. The number of amides is 1. The van der Waals surface area contributed by atoms with E-state index in [9.17, 15) is 9.18 Å². The number of pyridine rings is 2. The van der Waals surface area contributed by atoms with Gasteiger partial charge >= 0.3 is 0 Å². The molecular formula is C23H16FN5O2S. The number of rotatable bonds is 5. The number of halogens is 1. The number of hydrogen-bond donors (Lipinski definition) is 1. The lowest BCUT2D eigenvalue weighted by atomic mass is 10.1. The molecule has 158 valence electrons. The second-order valence-electron chi connectivity index (χ2n) is 7.06. The van der Waals surface area contributed by atoms with Crippen molar-refractivity contribution in [1.82, 2.24) is 25.4 Å². The number of carbonyl (C=O) groups is 1. The summed E-state index contributed by atoms with van der Waals surface area (Å²) < 4.78 is 18.6. The summed E-state index contributed by atoms with van der Waals surface area (Å²) in [6.45, 7) is 2.03. The quantitative estimate of drug-likeness (QED) is 0.418. The van der Waals surface area contributed by atoms with Crippen molar-refractivity contribution in [1.29, 1.82) is 0 Å². The third-order valence-corrected chi connectivity index (χ3v) is 5.78. The van der Waals surface area contributed by atoms with Crippen molar-refractivity contribution >= 4 is 28.3 Å². The molecule has 0 unspecified atom stereocenters. The zero-order valence-corrected chi connectivity index (χ0v) is 17.7. The summed E-state index contributed by atoms with van der Waals surface area (Å²) in [6, 6.07) is 11.3. The summed E-state index contributed by atoms with van der Waals surface area (Å²) >= 11 is 1.47. The fourth-order valence-electron chi connectivity index (χ4n) is 3.34. The number of hydrogen-bond acceptors (Lipinski definition) is 7. The molecule has 1 aromatic carbocycles. The Hall–Kier alpha value is -3.98. The van der Waals surface area contributed by atoms with Crippen molar-refractivity contribution < 1.29 is 13.7 Å². The molecule has 0 aliphatic heterocycles. The van der Waals surface area contributed by atoms with Gasteiger partial charge in [0, 0.05) is 28.9 Å². The van der Waals surface area contributed by atoms with Gasteiger partial charge in [0.05, 0.1) is 34.6 Å². The van der Waals surface area contributed by atoms with Gasteiger partial charge in [-0.15, -0.1) is 11.3 Å². The summed E-state index contributed by atoms with van der Waals surface area (Å²) in [7, 11) is 0. The van der Waals surface area contributed by atoms with Gasteiger partial charge in [-0.05, 0) is 49.4 Å². The van der Waals surface area contributed by atoms with Crippen molar-refractivity contribution in [3.05, 3.63) is 82.3 Å². The lowest BCUT2D eigenvalue weighted by Crippen LogP contribution is -2.23. The van der Waals surface area contributed by atoms with E-state index >= 15 is 0 Å². The third kappa shape index (κ3) is 3.85. The average Bonchev–Trinajstić information content (AvgIpc) is 3.45. The highest BCUT2D eigenvalue weighted by molar-refractivity contribution is 7.09. The Kier molecular flexibility index (Phi) is 5.16. The van der Waals surface area contributed by atoms with Crippen molar-refractivity contribution in [2.75, 3.05) is 0 Å². The van der Waals surface area contributed by atoms with E-state index in [1.807, 2.05) is 17.5 Å². The van der Waals surface area contributed by atoms with Crippen LogP contribution in [0.25, 0.3) is 33.6 Å². The van der Waals surface area contributed by atoms with Gasteiger partial charge in [-0.25, -0.2) is 14.4 Å². The second-order valence-corrected chi connectivity index (χ2v) is 8.00. The molecule has 32 heavy (non-hydrogen) atoms. The smallest absolute Gasteiger partial charge is 0.259 e. The number of benzene rings is 1. The largest absolute Gasteiger partial charge is 0.345 e. The van der Waals surface area contributed by atoms with E-state index in [-0.39, 0.29) is 24.0 Å². The number of nitrogens with zero attached hydrogens (tertiary/aromatic N) is 4. The van der Waals surface area contributed by atoms with Crippen LogP contribution in [0.5, 0.6) is 0 Å². The summed E-state index contributed by atoms with van der Waals surface area (Å²) in [5.41, 5.74) is 4.17. The lowest BCUT2D eigenvalue weighted by Gasteiger charge is -2.07. The maximum Gasteiger partial charge on any atom is 0.259 e. The fraction of sp³-hybridized carbons (Fsp3) is 0.0870. The summed E-state index contributed by atoms with van der Waals surface area (Å²) in [5.74, 6) is -0.648. The number of aryl methyl sites for hydroxylation is 1. The number of aromatic nitrogens is 4. The van der Waals surface area contributed by atoms with Crippen LogP contribution in [0.15, 0.2) is 64.8 Å². The normalized spacial score (nSPS) is 11.1. The molecular weight excluding hydrogens is 429 g/mol. The van der Waals surface area contributed by atoms with E-state index in [1.54, 1.807) is 37.5 Å². The number of nitrogens with one attached hydrogen (secondary N) is 1. The van der Waals surface area contributed by atoms with E-state index in [0.717, 1.165) is 16.3 Å². The Morgan fingerprint density at radius 3 is 2.59 bits per heavy atom. The molecule has 0 aliphatic rings. The first-order valence-corrected chi connectivity index (χ1v) is 10.6. The second kappa shape index (κ2) is 8.27. The van der Waals surface area contributed by atoms with Crippen LogP contribution in [-0.4, -0.2) is 26.0 Å². The van der Waals surface area contributed by atoms with Crippen LogP contribution in [0.4, 0.5) is 4.39 Å². The summed E-state index contributed by atoms with van der Waals surface area (Å²) in [5, 5.41) is 10.1. The van der Waals surface area contributed by atoms with Gasteiger partial charge in [0.25, 0.3) is 11.6 Å². The van der Waals surface area contributed by atoms with Crippen molar-refractivity contribution in [2.45, 2.75) is 13.5 Å². The number of fused-ring (bicyclic) bond motifs is 1. The lowest BCUT2D eigenvalue weighted by molar-refractivity contribution is 0.0952. The molecule has 5 aromatic rings. The van der Waals surface area contributed by atoms with Crippen LogP contribution >= 0.6 is 11.3 Å². The van der Waals surface area contributed by atoms with E-state index in [0.29, 0.717) is 27.9 Å². The van der Waals surface area contributed by atoms with E-state index in [1.165, 1.54) is 23.5 Å². The van der Waals surface area contributed by atoms with Crippen LogP contribution in [0.1, 0.15) is 21.1 Å². The molecule has 5 rings (SSSR count). The molecule has 4 aromatic heterocycles. The molecule has 7 nitrogen and oxygen atoms in total. The predicted molar refractivity (Wildman–Crippen MR) is 118 cm³/mol. The fourth-order valence-corrected chi connectivity index (χ4v) is 4.08. The molecule has 0 bridgehead atoms. The Morgan fingerprint density at radius 1 is 1.06 bits per heavy atom. The summed E-state index contributed by atoms with van der Waals surface area (Å²) in [6.07, 6.45) is 3.43. The van der Waals surface area contributed by atoms with Crippen LogP contribution in [0.3, 0.4) is 0 Å². The zero-order valence-electron chi connectivity index (χ0n) is 16.9. The van der Waals surface area contributed by atoms with Gasteiger partial charge in [0.2, 0.25) is 0 Å². The van der Waals surface area contributed by atoms with Crippen LogP contribution in [0, 0.1) is 12.7 Å². The first kappa shape index (κ1) is 20.0. The number of carbonyl (C=O) groups excluding carboxylic acids is 1. The van der Waals surface area contributed by atoms with E-state index in [2.05, 4.69) is 25.4 Å². The SMILES string of the molecule is Cc1noc2nc(-c3ccc(F)cc3)cc(C(=O)NCc3nc(-c4ccncc4)cs3)c12. The monoisotopic (exact) mass is 445 g/mol. The van der Waals surface area contributed by atoms with Crippen molar-refractivity contribution in [3.8, 4) is 22.5 Å². The molecule has 0 aliphatic carbocycles. The molecule has 0 saturated carbocycles. The highest BCUT2D eigenvalue weighted by atomic mass is 32.1. The van der Waals surface area contributed by atoms with Gasteiger partial charge in [0.15, 0.2) is 0 Å². The maximum absolute atomic E-state index is 13.3. The molecule has 9 heteroatoms. The van der Waals surface area contributed by atoms with Gasteiger partial charge < -0.3 is 9.84 Å². The molecule has 1 N–H and O–H groups in total. The third-order valence-electron chi connectivity index (χ3n) is 4.93. The summed E-state index contributed by atoms with van der Waals surface area (Å²) in [4.78, 5) is 26.1. The van der Waals surface area contributed by atoms with Crippen LogP contribution < -0.4 is 5.32 Å². The Labute approximate surface area is 186 Å². The van der Waals surface area contributed by atoms with Crippen LogP contribution in [-0.2, 0) is 6.54 Å². The maximum atomic E-state index is 13.3. The van der Waals surface area contributed by atoms with Gasteiger partial charge in [-0.1, -0.05) is 5.16 Å². The molecule has 0 saturated heterocycles. The molecule has 4 heterocycles. The average molecular weight is 445 g/mol. The highest BCUT2D eigenvalue weighted by Gasteiger charge is 2.19. The standard InChI is InChI=1S/C23H16FN5O2S/c1-13-21-17(10-18(28-23(21)31-29-13)14-2-4-16(24)5-3-14)22(30)26-11-20-27-19(12-32-20)15-6-8-25-9-7-15/h2-10,12H,11H2,1H3,(H,26,30). The molecule has 0 atom stereocenters. The zero-order chi connectivity index (χ0) is 22.1. The minimum absolute atomic E-state index is 0.253. The molecule has 0 spiro atoms. The van der Waals surface area contributed by atoms with Gasteiger partial charge in [0.1, 0.15) is 10.8 Å². The first-order chi connectivity index (χ1) is 15.6. The minimum atomic E-state index is -0.349. The van der Waals surface area contributed by atoms with E-state index in [4.69, 9.17) is 4.52 Å². The first-order valence-electron chi connectivity index (χ1n) is 9.74. The molecule has 0 fully saturated rings. The molecule has 0 radical (unpaired) electrons. The van der Waals surface area contributed by atoms with Gasteiger partial charge in [-0.3, -0.25) is 9.78 Å². The highest BCUT2D eigenvalue weighted by Crippen LogP contribution is 2.27. The predicted octanol–water partition coefficient (Wildman–Crippen LogP) is 4.79. The van der Waals surface area contributed by atoms with Gasteiger partial charge in [-0.2, -0.15) is 0 Å². The number of thiazole rings is 1. The molecule has 1 amide bonds. The van der Waals surface area contributed by atoms with Crippen LogP contribution in [0.2, 0.25) is 0 Å². The Balaban J connectivity index is 1.42.